The van der Waals surface area contributed by atoms with Gasteiger partial charge in [0.15, 0.2) is 0 Å². The smallest absolute Gasteiger partial charge is 0.423 e. The zero-order chi connectivity index (χ0) is 13.1. The van der Waals surface area contributed by atoms with Gasteiger partial charge in [-0.25, -0.2) is 4.79 Å². The van der Waals surface area contributed by atoms with Crippen LogP contribution >= 0.6 is 0 Å². The summed E-state index contributed by atoms with van der Waals surface area (Å²) in [6, 6.07) is 8.02. The molecular formula is C12H12N2O4. The second-order valence-corrected chi connectivity index (χ2v) is 3.92. The Morgan fingerprint density at radius 2 is 2.00 bits per heavy atom. The fraction of sp³-hybridized carbons (Fsp3) is 0.250. The molecule has 0 aromatic heterocycles. The van der Waals surface area contributed by atoms with Crippen LogP contribution in [0.2, 0.25) is 0 Å². The quantitative estimate of drug-likeness (QED) is 0.765. The topological polar surface area (TPSA) is 89.7 Å². The van der Waals surface area contributed by atoms with Crippen molar-refractivity contribution in [3.05, 3.63) is 35.9 Å². The number of rotatable bonds is 2. The average Bonchev–Trinajstić information content (AvgIpc) is 2.62. The van der Waals surface area contributed by atoms with E-state index >= 15 is 0 Å². The van der Waals surface area contributed by atoms with Crippen molar-refractivity contribution in [3.8, 4) is 0 Å². The molecule has 0 radical (unpaired) electrons. The third-order valence-electron chi connectivity index (χ3n) is 2.57. The van der Waals surface area contributed by atoms with Crippen molar-refractivity contribution in [3.63, 3.8) is 0 Å². The number of benzene rings is 1. The normalized spacial score (nSPS) is 19.2. The van der Waals surface area contributed by atoms with Gasteiger partial charge in [-0.05, 0) is 5.56 Å². The Bertz CT molecular complexity index is 486. The zero-order valence-corrected chi connectivity index (χ0v) is 9.54. The minimum atomic E-state index is -0.971. The van der Waals surface area contributed by atoms with Gasteiger partial charge in [0.05, 0.1) is 12.5 Å². The number of nitrogens with zero attached hydrogens (tertiary/aromatic N) is 1. The lowest BCUT2D eigenvalue weighted by molar-refractivity contribution is -0.136. The molecule has 2 rings (SSSR count). The Labute approximate surface area is 103 Å². The van der Waals surface area contributed by atoms with Crippen LogP contribution in [0.25, 0.3) is 0 Å². The molecule has 1 fully saturated rings. The van der Waals surface area contributed by atoms with Crippen molar-refractivity contribution < 1.29 is 19.1 Å². The summed E-state index contributed by atoms with van der Waals surface area (Å²) in [6.07, 6.45) is -1.12. The number of nitrogens with two attached hydrogens (primary N) is 1. The zero-order valence-electron chi connectivity index (χ0n) is 9.54. The summed E-state index contributed by atoms with van der Waals surface area (Å²) in [6.45, 7) is 0.00592. The molecule has 1 aromatic carbocycles. The van der Waals surface area contributed by atoms with Crippen molar-refractivity contribution in [2.75, 3.05) is 0 Å². The summed E-state index contributed by atoms with van der Waals surface area (Å²) >= 11 is 0. The molecule has 1 aliphatic rings. The van der Waals surface area contributed by atoms with Crippen molar-refractivity contribution in [2.45, 2.75) is 19.1 Å². The molecule has 94 valence electrons. The van der Waals surface area contributed by atoms with E-state index in [9.17, 15) is 14.4 Å². The first-order valence-electron chi connectivity index (χ1n) is 5.42. The van der Waals surface area contributed by atoms with E-state index in [0.717, 1.165) is 5.56 Å². The van der Waals surface area contributed by atoms with E-state index in [1.54, 1.807) is 24.3 Å². The standard InChI is InChI=1S/C12H12N2O4/c13-9-6-10(15)14(11(9)16)12(17)18-7-8-4-2-1-3-5-8/h1-5,9H,6-7,13H2/t9-/m0/s1. The molecule has 1 heterocycles. The lowest BCUT2D eigenvalue weighted by Crippen LogP contribution is -2.39. The molecule has 6 heteroatoms. The van der Waals surface area contributed by atoms with E-state index < -0.39 is 23.9 Å². The Morgan fingerprint density at radius 3 is 2.56 bits per heavy atom. The van der Waals surface area contributed by atoms with Crippen LogP contribution in [0.3, 0.4) is 0 Å². The molecule has 1 saturated heterocycles. The minimum Gasteiger partial charge on any atom is -0.444 e. The number of carbonyl (C=O) groups excluding carboxylic acids is 3. The fourth-order valence-electron chi connectivity index (χ4n) is 1.63. The van der Waals surface area contributed by atoms with Crippen molar-refractivity contribution in [1.82, 2.24) is 4.90 Å². The monoisotopic (exact) mass is 248 g/mol. The van der Waals surface area contributed by atoms with E-state index in [4.69, 9.17) is 10.5 Å². The third kappa shape index (κ3) is 2.38. The van der Waals surface area contributed by atoms with Gasteiger partial charge in [-0.1, -0.05) is 30.3 Å². The lowest BCUT2D eigenvalue weighted by Gasteiger charge is -2.12. The van der Waals surface area contributed by atoms with Crippen LogP contribution in [0, 0.1) is 0 Å². The number of imide groups is 3. The number of ether oxygens (including phenoxy) is 1. The van der Waals surface area contributed by atoms with Crippen LogP contribution in [0.15, 0.2) is 30.3 Å². The Hall–Kier alpha value is -2.21. The highest BCUT2D eigenvalue weighted by atomic mass is 16.6. The van der Waals surface area contributed by atoms with E-state index in [-0.39, 0.29) is 13.0 Å². The number of likely N-dealkylation sites (tertiary alicyclic amines) is 1. The molecule has 0 aliphatic carbocycles. The van der Waals surface area contributed by atoms with E-state index in [2.05, 4.69) is 0 Å². The largest absolute Gasteiger partial charge is 0.444 e. The van der Waals surface area contributed by atoms with E-state index in [1.807, 2.05) is 6.07 Å². The first kappa shape index (κ1) is 12.3. The summed E-state index contributed by atoms with van der Waals surface area (Å²) in [5, 5.41) is 0. The summed E-state index contributed by atoms with van der Waals surface area (Å²) in [5.41, 5.74) is 6.16. The molecule has 2 N–H and O–H groups in total. The van der Waals surface area contributed by atoms with Gasteiger partial charge < -0.3 is 10.5 Å². The number of amides is 3. The summed E-state index contributed by atoms with van der Waals surface area (Å²) in [5.74, 6) is -1.33. The molecule has 6 nitrogen and oxygen atoms in total. The van der Waals surface area contributed by atoms with Crippen LogP contribution in [0.4, 0.5) is 4.79 Å². The highest BCUT2D eigenvalue weighted by Gasteiger charge is 2.41. The van der Waals surface area contributed by atoms with Crippen molar-refractivity contribution in [2.24, 2.45) is 5.73 Å². The van der Waals surface area contributed by atoms with Crippen LogP contribution < -0.4 is 5.73 Å². The molecule has 0 unspecified atom stereocenters. The van der Waals surface area contributed by atoms with Gasteiger partial charge in [-0.15, -0.1) is 0 Å². The number of hydrogen-bond acceptors (Lipinski definition) is 5. The summed E-state index contributed by atoms with van der Waals surface area (Å²) < 4.78 is 4.89. The van der Waals surface area contributed by atoms with Crippen molar-refractivity contribution in [1.29, 1.82) is 0 Å². The highest BCUT2D eigenvalue weighted by molar-refractivity contribution is 6.15. The summed E-state index contributed by atoms with van der Waals surface area (Å²) in [7, 11) is 0. The Kier molecular flexibility index (Phi) is 3.38. The van der Waals surface area contributed by atoms with Gasteiger partial charge in [0, 0.05) is 0 Å². The lowest BCUT2D eigenvalue weighted by atomic mass is 10.2. The fourth-order valence-corrected chi connectivity index (χ4v) is 1.63. The van der Waals surface area contributed by atoms with Crippen LogP contribution in [0.1, 0.15) is 12.0 Å². The van der Waals surface area contributed by atoms with E-state index in [0.29, 0.717) is 4.90 Å². The van der Waals surface area contributed by atoms with Gasteiger partial charge in [-0.2, -0.15) is 4.90 Å². The van der Waals surface area contributed by atoms with Gasteiger partial charge in [0.2, 0.25) is 5.91 Å². The SMILES string of the molecule is N[C@H]1CC(=O)N(C(=O)OCc2ccccc2)C1=O. The number of hydrogen-bond donors (Lipinski definition) is 1. The van der Waals surface area contributed by atoms with Crippen LogP contribution in [-0.2, 0) is 20.9 Å². The molecule has 1 atom stereocenters. The van der Waals surface area contributed by atoms with Crippen LogP contribution in [0.5, 0.6) is 0 Å². The van der Waals surface area contributed by atoms with Gasteiger partial charge in [-0.3, -0.25) is 9.59 Å². The minimum absolute atomic E-state index is 0.00592. The summed E-state index contributed by atoms with van der Waals surface area (Å²) in [4.78, 5) is 34.9. The van der Waals surface area contributed by atoms with Crippen molar-refractivity contribution >= 4 is 17.9 Å². The maximum Gasteiger partial charge on any atom is 0.423 e. The number of carbonyl (C=O) groups is 3. The maximum atomic E-state index is 11.6. The predicted molar refractivity (Wildman–Crippen MR) is 61.1 cm³/mol. The van der Waals surface area contributed by atoms with Crippen LogP contribution in [-0.4, -0.2) is 28.8 Å². The first-order chi connectivity index (χ1) is 8.59. The van der Waals surface area contributed by atoms with E-state index in [1.165, 1.54) is 0 Å². The second-order valence-electron chi connectivity index (χ2n) is 3.92. The highest BCUT2D eigenvalue weighted by Crippen LogP contribution is 2.13. The Morgan fingerprint density at radius 1 is 1.33 bits per heavy atom. The molecule has 1 aliphatic heterocycles. The van der Waals surface area contributed by atoms with Gasteiger partial charge in [0.1, 0.15) is 6.61 Å². The molecular weight excluding hydrogens is 236 g/mol. The molecule has 0 bridgehead atoms. The maximum absolute atomic E-state index is 11.6. The molecule has 1 aromatic rings. The molecule has 0 saturated carbocycles. The second kappa shape index (κ2) is 4.97. The average molecular weight is 248 g/mol. The predicted octanol–water partition coefficient (Wildman–Crippen LogP) is 0.409. The Balaban J connectivity index is 1.97. The van der Waals surface area contributed by atoms with Gasteiger partial charge >= 0.3 is 6.09 Å². The van der Waals surface area contributed by atoms with Gasteiger partial charge in [0.25, 0.3) is 5.91 Å². The molecule has 0 spiro atoms. The molecule has 3 amide bonds. The molecule has 18 heavy (non-hydrogen) atoms. The first-order valence-corrected chi connectivity index (χ1v) is 5.42. The third-order valence-corrected chi connectivity index (χ3v) is 2.57.